The van der Waals surface area contributed by atoms with E-state index in [9.17, 15) is 13.2 Å². The van der Waals surface area contributed by atoms with Gasteiger partial charge in [-0.15, -0.1) is 0 Å². The van der Waals surface area contributed by atoms with Crippen molar-refractivity contribution in [2.45, 2.75) is 63.3 Å². The zero-order chi connectivity index (χ0) is 21.3. The van der Waals surface area contributed by atoms with E-state index in [1.165, 1.54) is 43.2 Å². The van der Waals surface area contributed by atoms with Crippen LogP contribution in [-0.2, 0) is 22.9 Å². The number of Topliss-reactive ketones (excluding diaryl/α,β-unsaturated/α-hetero) is 1. The molecule has 1 aromatic heterocycles. The number of ketones is 1. The van der Waals surface area contributed by atoms with E-state index in [2.05, 4.69) is 14.6 Å². The highest BCUT2D eigenvalue weighted by Crippen LogP contribution is 2.30. The first-order valence-electron chi connectivity index (χ1n) is 10.6. The molecule has 1 aliphatic carbocycles. The lowest BCUT2D eigenvalue weighted by Crippen LogP contribution is -2.45. The van der Waals surface area contributed by atoms with Gasteiger partial charge in [-0.3, -0.25) is 4.79 Å². The molecule has 0 bridgehead atoms. The maximum atomic E-state index is 12.8. The lowest BCUT2D eigenvalue weighted by atomic mass is 9.95. The number of fused-ring (bicyclic) bond motifs is 1. The van der Waals surface area contributed by atoms with Crippen molar-refractivity contribution in [3.8, 4) is 0 Å². The third kappa shape index (κ3) is 4.39. The van der Waals surface area contributed by atoms with Crippen molar-refractivity contribution in [1.29, 1.82) is 0 Å². The highest BCUT2D eigenvalue weighted by Gasteiger charge is 2.28. The molecule has 0 spiro atoms. The molecule has 8 heteroatoms. The van der Waals surface area contributed by atoms with Crippen molar-refractivity contribution in [2.24, 2.45) is 0 Å². The summed E-state index contributed by atoms with van der Waals surface area (Å²) in [6, 6.07) is 6.07. The first-order chi connectivity index (χ1) is 14.3. The highest BCUT2D eigenvalue weighted by molar-refractivity contribution is 7.89. The zero-order valence-corrected chi connectivity index (χ0v) is 18.3. The molecule has 7 nitrogen and oxygen atoms in total. The Morgan fingerprint density at radius 1 is 1.13 bits per heavy atom. The van der Waals surface area contributed by atoms with Gasteiger partial charge < -0.3 is 4.90 Å². The van der Waals surface area contributed by atoms with E-state index in [4.69, 9.17) is 4.98 Å². The molecule has 1 fully saturated rings. The van der Waals surface area contributed by atoms with Crippen molar-refractivity contribution >= 4 is 21.6 Å². The molecule has 1 saturated heterocycles. The van der Waals surface area contributed by atoms with Crippen LogP contribution in [0.4, 0.5) is 5.82 Å². The van der Waals surface area contributed by atoms with Gasteiger partial charge in [-0.25, -0.2) is 23.1 Å². The van der Waals surface area contributed by atoms with E-state index >= 15 is 0 Å². The summed E-state index contributed by atoms with van der Waals surface area (Å²) in [6.45, 7) is 4.88. The van der Waals surface area contributed by atoms with Gasteiger partial charge in [0.1, 0.15) is 11.6 Å². The molecule has 2 aromatic rings. The molecule has 2 aliphatic rings. The van der Waals surface area contributed by atoms with Crippen molar-refractivity contribution in [3.63, 3.8) is 0 Å². The number of carbonyl (C=O) groups is 1. The summed E-state index contributed by atoms with van der Waals surface area (Å²) in [5, 5.41) is 0. The van der Waals surface area contributed by atoms with Crippen LogP contribution in [0.3, 0.4) is 0 Å². The maximum Gasteiger partial charge on any atom is 0.240 e. The van der Waals surface area contributed by atoms with Crippen molar-refractivity contribution in [2.75, 3.05) is 18.0 Å². The van der Waals surface area contributed by atoms with E-state index in [1.54, 1.807) is 12.1 Å². The number of piperidine rings is 1. The predicted molar refractivity (Wildman–Crippen MR) is 115 cm³/mol. The molecule has 30 heavy (non-hydrogen) atoms. The summed E-state index contributed by atoms with van der Waals surface area (Å²) in [5.74, 6) is 1.69. The Kier molecular flexibility index (Phi) is 5.88. The minimum absolute atomic E-state index is 0.133. The van der Waals surface area contributed by atoms with Crippen LogP contribution >= 0.6 is 0 Å². The van der Waals surface area contributed by atoms with Crippen LogP contribution in [0.5, 0.6) is 0 Å². The molecule has 4 rings (SSSR count). The predicted octanol–water partition coefficient (Wildman–Crippen LogP) is 2.81. The molecule has 1 aromatic carbocycles. The van der Waals surface area contributed by atoms with E-state index < -0.39 is 10.0 Å². The molecular formula is C22H28N4O3S. The van der Waals surface area contributed by atoms with Crippen LogP contribution in [0, 0.1) is 6.92 Å². The van der Waals surface area contributed by atoms with Crippen LogP contribution < -0.4 is 9.62 Å². The third-order valence-corrected chi connectivity index (χ3v) is 7.46. The number of carbonyl (C=O) groups excluding carboxylic acids is 1. The fourth-order valence-electron chi connectivity index (χ4n) is 4.34. The van der Waals surface area contributed by atoms with Crippen LogP contribution in [-0.4, -0.2) is 43.3 Å². The molecule has 1 aliphatic heterocycles. The second-order valence-electron chi connectivity index (χ2n) is 8.19. The molecule has 0 unspecified atom stereocenters. The van der Waals surface area contributed by atoms with Gasteiger partial charge >= 0.3 is 0 Å². The molecule has 0 amide bonds. The number of nitrogens with zero attached hydrogens (tertiary/aromatic N) is 3. The Bertz CT molecular complexity index is 1060. The topological polar surface area (TPSA) is 92.3 Å². The molecule has 160 valence electrons. The van der Waals surface area contributed by atoms with Gasteiger partial charge in [0.15, 0.2) is 5.78 Å². The smallest absolute Gasteiger partial charge is 0.240 e. The third-order valence-electron chi connectivity index (χ3n) is 5.94. The first-order valence-corrected chi connectivity index (χ1v) is 12.1. The average molecular weight is 429 g/mol. The number of rotatable bonds is 5. The van der Waals surface area contributed by atoms with E-state index in [-0.39, 0.29) is 16.7 Å². The standard InChI is InChI=1S/C22H28N4O3S/c1-15(27)17-6-5-7-19(14-17)30(28,29)25-18-10-12-26(13-11-18)22-20-8-3-4-9-21(20)23-16(2)24-22/h5-7,14,18,25H,3-4,8-13H2,1-2H3. The van der Waals surface area contributed by atoms with Crippen LogP contribution in [0.2, 0.25) is 0 Å². The number of nitrogens with one attached hydrogen (secondary N) is 1. The average Bonchev–Trinajstić information content (AvgIpc) is 2.73. The molecular weight excluding hydrogens is 400 g/mol. The molecule has 1 N–H and O–H groups in total. The fourth-order valence-corrected chi connectivity index (χ4v) is 5.69. The Morgan fingerprint density at radius 2 is 1.87 bits per heavy atom. The minimum atomic E-state index is -3.67. The van der Waals surface area contributed by atoms with Crippen molar-refractivity contribution in [1.82, 2.24) is 14.7 Å². The Hall–Kier alpha value is -2.32. The summed E-state index contributed by atoms with van der Waals surface area (Å²) >= 11 is 0. The maximum absolute atomic E-state index is 12.8. The number of aromatic nitrogens is 2. The van der Waals surface area contributed by atoms with Crippen molar-refractivity contribution in [3.05, 3.63) is 46.9 Å². The number of anilines is 1. The van der Waals surface area contributed by atoms with Crippen LogP contribution in [0.15, 0.2) is 29.2 Å². The molecule has 0 saturated carbocycles. The number of hydrogen-bond acceptors (Lipinski definition) is 6. The van der Waals surface area contributed by atoms with Crippen LogP contribution in [0.1, 0.15) is 60.0 Å². The summed E-state index contributed by atoms with van der Waals surface area (Å²) in [5.41, 5.74) is 2.85. The molecule has 2 heterocycles. The van der Waals surface area contributed by atoms with Gasteiger partial charge in [-0.1, -0.05) is 12.1 Å². The van der Waals surface area contributed by atoms with Gasteiger partial charge in [0.05, 0.1) is 4.90 Å². The second kappa shape index (κ2) is 8.43. The second-order valence-corrected chi connectivity index (χ2v) is 9.91. The summed E-state index contributed by atoms with van der Waals surface area (Å²) in [6.07, 6.45) is 5.80. The quantitative estimate of drug-likeness (QED) is 0.736. The van der Waals surface area contributed by atoms with Crippen molar-refractivity contribution < 1.29 is 13.2 Å². The van der Waals surface area contributed by atoms with Crippen LogP contribution in [0.25, 0.3) is 0 Å². The number of aryl methyl sites for hydroxylation is 2. The van der Waals surface area contributed by atoms with Gasteiger partial charge in [-0.05, 0) is 64.5 Å². The van der Waals surface area contributed by atoms with Gasteiger partial charge in [0.25, 0.3) is 0 Å². The molecule has 0 radical (unpaired) electrons. The number of benzene rings is 1. The highest BCUT2D eigenvalue weighted by atomic mass is 32.2. The Labute approximate surface area is 178 Å². The van der Waals surface area contributed by atoms with Gasteiger partial charge in [0, 0.05) is 36.0 Å². The number of hydrogen-bond donors (Lipinski definition) is 1. The fraction of sp³-hybridized carbons (Fsp3) is 0.500. The van der Waals surface area contributed by atoms with Gasteiger partial charge in [-0.2, -0.15) is 0 Å². The number of sulfonamides is 1. The monoisotopic (exact) mass is 428 g/mol. The zero-order valence-electron chi connectivity index (χ0n) is 17.5. The SMILES string of the molecule is CC(=O)c1cccc(S(=O)(=O)NC2CCN(c3nc(C)nc4c3CCCC4)CC2)c1. The lowest BCUT2D eigenvalue weighted by Gasteiger charge is -2.35. The Balaban J connectivity index is 1.45. The largest absolute Gasteiger partial charge is 0.356 e. The summed E-state index contributed by atoms with van der Waals surface area (Å²) in [4.78, 5) is 23.4. The Morgan fingerprint density at radius 3 is 2.60 bits per heavy atom. The summed E-state index contributed by atoms with van der Waals surface area (Å²) < 4.78 is 28.4. The van der Waals surface area contributed by atoms with E-state index in [0.717, 1.165) is 37.6 Å². The molecule has 0 atom stereocenters. The first kappa shape index (κ1) is 20.9. The van der Waals surface area contributed by atoms with Gasteiger partial charge in [0.2, 0.25) is 10.0 Å². The van der Waals surface area contributed by atoms with E-state index in [1.807, 2.05) is 6.92 Å². The lowest BCUT2D eigenvalue weighted by molar-refractivity contribution is 0.101. The summed E-state index contributed by atoms with van der Waals surface area (Å²) in [7, 11) is -3.67. The normalized spacial score (nSPS) is 17.6. The van der Waals surface area contributed by atoms with E-state index in [0.29, 0.717) is 18.4 Å². The minimum Gasteiger partial charge on any atom is -0.356 e.